The van der Waals surface area contributed by atoms with Crippen LogP contribution < -0.4 is 18.9 Å². The molecular weight excluding hydrogens is 376 g/mol. The van der Waals surface area contributed by atoms with Gasteiger partial charge in [0.05, 0.1) is 26.4 Å². The molecule has 2 aromatic carbocycles. The summed E-state index contributed by atoms with van der Waals surface area (Å²) in [5, 5.41) is 0. The number of fused-ring (bicyclic) bond motifs is 2. The SMILES string of the molecule is CCOc1cccc2c1Oc1[nH]c(-c3ccc(OC)c(OC)c3)nc(=S)c1C2. The number of nitrogens with zero attached hydrogens (tertiary/aromatic N) is 1. The highest BCUT2D eigenvalue weighted by Crippen LogP contribution is 2.42. The summed E-state index contributed by atoms with van der Waals surface area (Å²) in [6.07, 6.45) is 0.639. The van der Waals surface area contributed by atoms with Gasteiger partial charge in [-0.2, -0.15) is 0 Å². The van der Waals surface area contributed by atoms with Crippen LogP contribution in [0, 0.1) is 4.64 Å². The minimum absolute atomic E-state index is 0.506. The number of hydrogen-bond acceptors (Lipinski definition) is 6. The molecule has 3 aromatic rings. The van der Waals surface area contributed by atoms with Crippen LogP contribution in [-0.2, 0) is 6.42 Å². The summed E-state index contributed by atoms with van der Waals surface area (Å²) in [7, 11) is 3.20. The molecule has 1 N–H and O–H groups in total. The topological polar surface area (TPSA) is 65.6 Å². The molecule has 2 heterocycles. The van der Waals surface area contributed by atoms with Crippen LogP contribution >= 0.6 is 12.2 Å². The van der Waals surface area contributed by atoms with Gasteiger partial charge < -0.3 is 23.9 Å². The Morgan fingerprint density at radius 2 is 1.93 bits per heavy atom. The molecule has 0 saturated heterocycles. The van der Waals surface area contributed by atoms with Crippen molar-refractivity contribution in [3.63, 3.8) is 0 Å². The Morgan fingerprint density at radius 1 is 1.11 bits per heavy atom. The normalized spacial score (nSPS) is 11.8. The van der Waals surface area contributed by atoms with Crippen LogP contribution in [0.5, 0.6) is 28.9 Å². The van der Waals surface area contributed by atoms with Crippen molar-refractivity contribution in [1.29, 1.82) is 0 Å². The first-order valence-corrected chi connectivity index (χ1v) is 9.33. The van der Waals surface area contributed by atoms with Gasteiger partial charge in [0, 0.05) is 17.5 Å². The average molecular weight is 396 g/mol. The maximum Gasteiger partial charge on any atom is 0.205 e. The molecule has 7 heteroatoms. The maximum absolute atomic E-state index is 6.16. The van der Waals surface area contributed by atoms with E-state index < -0.39 is 0 Å². The number of H-pyrrole nitrogens is 1. The summed E-state index contributed by atoms with van der Waals surface area (Å²) < 4.78 is 23.1. The lowest BCUT2D eigenvalue weighted by Gasteiger charge is -2.22. The van der Waals surface area contributed by atoms with Gasteiger partial charge in [0.15, 0.2) is 23.0 Å². The van der Waals surface area contributed by atoms with Crippen molar-refractivity contribution in [1.82, 2.24) is 9.97 Å². The van der Waals surface area contributed by atoms with Gasteiger partial charge in [-0.15, -0.1) is 0 Å². The van der Waals surface area contributed by atoms with Crippen LogP contribution in [0.15, 0.2) is 36.4 Å². The van der Waals surface area contributed by atoms with E-state index in [-0.39, 0.29) is 0 Å². The lowest BCUT2D eigenvalue weighted by Crippen LogP contribution is -2.09. The second kappa shape index (κ2) is 7.52. The number of hydrogen-bond donors (Lipinski definition) is 1. The molecule has 0 radical (unpaired) electrons. The monoisotopic (exact) mass is 396 g/mol. The summed E-state index contributed by atoms with van der Waals surface area (Å²) in [6.45, 7) is 2.51. The van der Waals surface area contributed by atoms with Crippen LogP contribution in [-0.4, -0.2) is 30.8 Å². The number of benzene rings is 2. The third kappa shape index (κ3) is 3.18. The Balaban J connectivity index is 1.78. The first-order chi connectivity index (χ1) is 13.6. The number of nitrogens with one attached hydrogen (secondary N) is 1. The van der Waals surface area contributed by atoms with Crippen LogP contribution in [0.3, 0.4) is 0 Å². The Kier molecular flexibility index (Phi) is 4.92. The second-order valence-electron chi connectivity index (χ2n) is 6.22. The van der Waals surface area contributed by atoms with Crippen LogP contribution in [0.4, 0.5) is 0 Å². The summed E-state index contributed by atoms with van der Waals surface area (Å²) in [5.74, 6) is 3.88. The highest BCUT2D eigenvalue weighted by Gasteiger charge is 2.23. The lowest BCUT2D eigenvalue weighted by molar-refractivity contribution is 0.315. The van der Waals surface area contributed by atoms with Crippen molar-refractivity contribution >= 4 is 12.2 Å². The zero-order chi connectivity index (χ0) is 19.7. The maximum atomic E-state index is 6.16. The van der Waals surface area contributed by atoms with Crippen LogP contribution in [0.25, 0.3) is 11.4 Å². The fraction of sp³-hybridized carbons (Fsp3) is 0.238. The molecule has 0 fully saturated rings. The Labute approximate surface area is 168 Å². The first-order valence-electron chi connectivity index (χ1n) is 8.92. The molecule has 4 rings (SSSR count). The van der Waals surface area contributed by atoms with E-state index in [1.807, 2.05) is 43.3 Å². The van der Waals surface area contributed by atoms with E-state index in [2.05, 4.69) is 9.97 Å². The van der Waals surface area contributed by atoms with Gasteiger partial charge >= 0.3 is 0 Å². The van der Waals surface area contributed by atoms with Gasteiger partial charge in [0.25, 0.3) is 0 Å². The third-order valence-electron chi connectivity index (χ3n) is 4.57. The van der Waals surface area contributed by atoms with Gasteiger partial charge in [-0.05, 0) is 31.2 Å². The van der Waals surface area contributed by atoms with Gasteiger partial charge in [0.2, 0.25) is 5.88 Å². The molecule has 1 aliphatic heterocycles. The van der Waals surface area contributed by atoms with Crippen molar-refractivity contribution in [3.05, 3.63) is 52.2 Å². The van der Waals surface area contributed by atoms with Gasteiger partial charge in [0.1, 0.15) is 10.5 Å². The number of ether oxygens (including phenoxy) is 4. The predicted octanol–water partition coefficient (Wildman–Crippen LogP) is 4.92. The molecule has 0 atom stereocenters. The molecular formula is C21H20N2O4S. The van der Waals surface area contributed by atoms with Crippen molar-refractivity contribution < 1.29 is 18.9 Å². The molecule has 0 saturated carbocycles. The zero-order valence-corrected chi connectivity index (χ0v) is 16.7. The van der Waals surface area contributed by atoms with Crippen molar-refractivity contribution in [2.24, 2.45) is 0 Å². The highest BCUT2D eigenvalue weighted by molar-refractivity contribution is 7.71. The molecule has 0 aliphatic carbocycles. The van der Waals surface area contributed by atoms with Crippen LogP contribution in [0.1, 0.15) is 18.1 Å². The highest BCUT2D eigenvalue weighted by atomic mass is 32.1. The van der Waals surface area contributed by atoms with Gasteiger partial charge in [-0.25, -0.2) is 4.98 Å². The summed E-state index contributed by atoms with van der Waals surface area (Å²) in [6, 6.07) is 11.4. The first kappa shape index (κ1) is 18.3. The number of rotatable bonds is 5. The van der Waals surface area contributed by atoms with E-state index in [4.69, 9.17) is 31.2 Å². The largest absolute Gasteiger partial charge is 0.493 e. The molecule has 1 aliphatic rings. The Morgan fingerprint density at radius 3 is 2.68 bits per heavy atom. The van der Waals surface area contributed by atoms with Gasteiger partial charge in [-0.3, -0.25) is 0 Å². The van der Waals surface area contributed by atoms with E-state index >= 15 is 0 Å². The Bertz CT molecular complexity index is 1090. The fourth-order valence-corrected chi connectivity index (χ4v) is 3.47. The van der Waals surface area contributed by atoms with Crippen molar-refractivity contribution in [2.75, 3.05) is 20.8 Å². The third-order valence-corrected chi connectivity index (χ3v) is 4.90. The van der Waals surface area contributed by atoms with E-state index in [0.29, 0.717) is 46.6 Å². The number of aromatic amines is 1. The van der Waals surface area contributed by atoms with Gasteiger partial charge in [-0.1, -0.05) is 24.4 Å². The fourth-order valence-electron chi connectivity index (χ4n) is 3.22. The minimum Gasteiger partial charge on any atom is -0.493 e. The summed E-state index contributed by atoms with van der Waals surface area (Å²) in [4.78, 5) is 7.84. The molecule has 0 unspecified atom stereocenters. The van der Waals surface area contributed by atoms with Crippen LogP contribution in [0.2, 0.25) is 0 Å². The summed E-state index contributed by atoms with van der Waals surface area (Å²) in [5.41, 5.74) is 2.71. The average Bonchev–Trinajstić information content (AvgIpc) is 2.72. The smallest absolute Gasteiger partial charge is 0.205 e. The zero-order valence-electron chi connectivity index (χ0n) is 15.9. The summed E-state index contributed by atoms with van der Waals surface area (Å²) >= 11 is 5.55. The quantitative estimate of drug-likeness (QED) is 0.483. The molecule has 0 bridgehead atoms. The van der Waals surface area contributed by atoms with Crippen molar-refractivity contribution in [3.8, 4) is 40.3 Å². The minimum atomic E-state index is 0.506. The second-order valence-corrected chi connectivity index (χ2v) is 6.61. The van der Waals surface area contributed by atoms with E-state index in [0.717, 1.165) is 22.4 Å². The molecule has 144 valence electrons. The van der Waals surface area contributed by atoms with E-state index in [1.165, 1.54) is 0 Å². The lowest BCUT2D eigenvalue weighted by atomic mass is 10.0. The molecule has 1 aromatic heterocycles. The van der Waals surface area contributed by atoms with Crippen molar-refractivity contribution in [2.45, 2.75) is 13.3 Å². The molecule has 0 spiro atoms. The molecule has 6 nitrogen and oxygen atoms in total. The molecule has 0 amide bonds. The number of methoxy groups -OCH3 is 2. The number of aromatic nitrogens is 2. The molecule has 28 heavy (non-hydrogen) atoms. The predicted molar refractivity (Wildman–Crippen MR) is 108 cm³/mol. The standard InChI is InChI=1S/C21H20N2O4S/c1-4-26-16-7-5-6-12-10-14-20(27-18(12)16)22-19(23-21(14)28)13-8-9-15(24-2)17(11-13)25-3/h5-9,11H,4,10H2,1-3H3,(H,22,23,28). The Hall–Kier alpha value is -3.06. The van der Waals surface area contributed by atoms with E-state index in [9.17, 15) is 0 Å². The number of para-hydroxylation sites is 1. The van der Waals surface area contributed by atoms with E-state index in [1.54, 1.807) is 14.2 Å².